The first kappa shape index (κ1) is 20.2. The van der Waals surface area contributed by atoms with Gasteiger partial charge in [-0.25, -0.2) is 4.79 Å². The molecule has 2 aromatic rings. The standard InChI is InChI=1S/C23H28N4O3/c1-5-27(6-2)15-12-10-14(11-13-15)18-19-16(8-7-9-17(19)28)24-21-20(18)22(29)26(4)23(30)25(21)3/h10-13,18,24H,5-9H2,1-4H3/t18-/m0/s1. The number of aromatic nitrogens is 2. The molecule has 2 heterocycles. The van der Waals surface area contributed by atoms with E-state index in [2.05, 4.69) is 24.1 Å². The summed E-state index contributed by atoms with van der Waals surface area (Å²) >= 11 is 0. The van der Waals surface area contributed by atoms with Gasteiger partial charge in [-0.3, -0.25) is 18.7 Å². The Morgan fingerprint density at radius 3 is 2.30 bits per heavy atom. The van der Waals surface area contributed by atoms with Gasteiger partial charge in [0.05, 0.1) is 5.56 Å². The summed E-state index contributed by atoms with van der Waals surface area (Å²) in [6.07, 6.45) is 1.99. The Balaban J connectivity index is 1.95. The first-order valence-corrected chi connectivity index (χ1v) is 10.6. The molecule has 0 amide bonds. The van der Waals surface area contributed by atoms with Crippen LogP contribution in [0.3, 0.4) is 0 Å². The van der Waals surface area contributed by atoms with Gasteiger partial charge in [0.15, 0.2) is 5.78 Å². The number of ketones is 1. The zero-order valence-corrected chi connectivity index (χ0v) is 18.0. The van der Waals surface area contributed by atoms with Crippen molar-refractivity contribution in [3.05, 3.63) is 67.5 Å². The number of nitrogens with one attached hydrogen (secondary N) is 1. The number of fused-ring (bicyclic) bond motifs is 1. The lowest BCUT2D eigenvalue weighted by atomic mass is 9.76. The van der Waals surface area contributed by atoms with Gasteiger partial charge in [-0.1, -0.05) is 12.1 Å². The molecule has 2 aliphatic rings. The maximum Gasteiger partial charge on any atom is 0.332 e. The molecule has 0 unspecified atom stereocenters. The van der Waals surface area contributed by atoms with E-state index in [-0.39, 0.29) is 17.0 Å². The Morgan fingerprint density at radius 2 is 1.67 bits per heavy atom. The summed E-state index contributed by atoms with van der Waals surface area (Å²) in [7, 11) is 3.14. The zero-order chi connectivity index (χ0) is 21.6. The lowest BCUT2D eigenvalue weighted by Crippen LogP contribution is -2.44. The monoisotopic (exact) mass is 408 g/mol. The highest BCUT2D eigenvalue weighted by atomic mass is 16.2. The van der Waals surface area contributed by atoms with Crippen molar-refractivity contribution in [3.63, 3.8) is 0 Å². The Bertz CT molecular complexity index is 1150. The Kier molecular flexibility index (Phi) is 5.13. The van der Waals surface area contributed by atoms with Crippen molar-refractivity contribution in [2.45, 2.75) is 39.0 Å². The van der Waals surface area contributed by atoms with Gasteiger partial charge in [-0.2, -0.15) is 0 Å². The van der Waals surface area contributed by atoms with Crippen LogP contribution in [0, 0.1) is 0 Å². The smallest absolute Gasteiger partial charge is 0.332 e. The summed E-state index contributed by atoms with van der Waals surface area (Å²) in [4.78, 5) is 40.9. The minimum atomic E-state index is -0.472. The van der Waals surface area contributed by atoms with Crippen LogP contribution in [0.15, 0.2) is 45.1 Å². The molecule has 1 aliphatic heterocycles. The number of carbonyl (C=O) groups is 1. The molecule has 4 rings (SSSR count). The minimum absolute atomic E-state index is 0.0723. The van der Waals surface area contributed by atoms with Crippen LogP contribution in [0.1, 0.15) is 50.2 Å². The van der Waals surface area contributed by atoms with Crippen LogP contribution in [0.25, 0.3) is 0 Å². The van der Waals surface area contributed by atoms with Gasteiger partial charge in [0, 0.05) is 56.5 Å². The number of nitrogens with zero attached hydrogens (tertiary/aromatic N) is 3. The van der Waals surface area contributed by atoms with Gasteiger partial charge in [-0.05, 0) is 44.4 Å². The van der Waals surface area contributed by atoms with Crippen LogP contribution in [0.4, 0.5) is 11.5 Å². The molecule has 0 fully saturated rings. The van der Waals surface area contributed by atoms with Crippen molar-refractivity contribution in [3.8, 4) is 0 Å². The van der Waals surface area contributed by atoms with Gasteiger partial charge in [-0.15, -0.1) is 0 Å². The molecule has 0 saturated heterocycles. The first-order chi connectivity index (χ1) is 14.4. The van der Waals surface area contributed by atoms with Crippen molar-refractivity contribution in [2.24, 2.45) is 14.1 Å². The molecule has 7 nitrogen and oxygen atoms in total. The van der Waals surface area contributed by atoms with Crippen LogP contribution < -0.4 is 21.5 Å². The Morgan fingerprint density at radius 1 is 1.00 bits per heavy atom. The number of benzene rings is 1. The largest absolute Gasteiger partial charge is 0.372 e. The van der Waals surface area contributed by atoms with Gasteiger partial charge in [0.25, 0.3) is 5.56 Å². The van der Waals surface area contributed by atoms with E-state index in [1.54, 1.807) is 7.05 Å². The fourth-order valence-corrected chi connectivity index (χ4v) is 4.70. The summed E-state index contributed by atoms with van der Waals surface area (Å²) in [5, 5.41) is 3.25. The average Bonchev–Trinajstić information content (AvgIpc) is 2.76. The van der Waals surface area contributed by atoms with E-state index >= 15 is 0 Å². The number of rotatable bonds is 4. The number of allylic oxidation sites excluding steroid dienone is 2. The molecule has 1 atom stereocenters. The molecule has 30 heavy (non-hydrogen) atoms. The molecular weight excluding hydrogens is 380 g/mol. The number of Topliss-reactive ketones (excluding diaryl/α,β-unsaturated/α-hetero) is 1. The molecule has 0 radical (unpaired) electrons. The number of hydrogen-bond donors (Lipinski definition) is 1. The third-order valence-corrected chi connectivity index (χ3v) is 6.36. The first-order valence-electron chi connectivity index (χ1n) is 10.6. The SMILES string of the molecule is CCN(CC)c1ccc([C@H]2C3=C(CCCC3=O)Nc3c2c(=O)n(C)c(=O)n3C)cc1. The summed E-state index contributed by atoms with van der Waals surface area (Å²) in [6.45, 7) is 6.04. The lowest BCUT2D eigenvalue weighted by Gasteiger charge is -2.34. The van der Waals surface area contributed by atoms with Crippen molar-refractivity contribution < 1.29 is 4.79 Å². The molecule has 1 aliphatic carbocycles. The molecule has 7 heteroatoms. The molecule has 1 aromatic heterocycles. The van der Waals surface area contributed by atoms with Gasteiger partial charge >= 0.3 is 5.69 Å². The topological polar surface area (TPSA) is 76.3 Å². The second kappa shape index (κ2) is 7.63. The lowest BCUT2D eigenvalue weighted by molar-refractivity contribution is -0.116. The number of hydrogen-bond acceptors (Lipinski definition) is 5. The fourth-order valence-electron chi connectivity index (χ4n) is 4.70. The third-order valence-electron chi connectivity index (χ3n) is 6.36. The van der Waals surface area contributed by atoms with Crippen LogP contribution in [0.2, 0.25) is 0 Å². The van der Waals surface area contributed by atoms with E-state index in [1.807, 2.05) is 24.3 Å². The summed E-state index contributed by atoms with van der Waals surface area (Å²) < 4.78 is 2.59. The van der Waals surface area contributed by atoms with Crippen molar-refractivity contribution >= 4 is 17.3 Å². The second-order valence-electron chi connectivity index (χ2n) is 7.96. The van der Waals surface area contributed by atoms with Crippen LogP contribution in [0.5, 0.6) is 0 Å². The summed E-state index contributed by atoms with van der Waals surface area (Å²) in [5.41, 5.74) is 3.23. The molecule has 1 N–H and O–H groups in total. The van der Waals surface area contributed by atoms with Crippen molar-refractivity contribution in [1.29, 1.82) is 0 Å². The van der Waals surface area contributed by atoms with Crippen molar-refractivity contribution in [1.82, 2.24) is 9.13 Å². The molecule has 158 valence electrons. The average molecular weight is 409 g/mol. The quantitative estimate of drug-likeness (QED) is 0.841. The fraction of sp³-hybridized carbons (Fsp3) is 0.435. The Hall–Kier alpha value is -3.09. The second-order valence-corrected chi connectivity index (χ2v) is 7.96. The van der Waals surface area contributed by atoms with E-state index < -0.39 is 5.92 Å². The summed E-state index contributed by atoms with van der Waals surface area (Å²) in [5.74, 6) is 0.0952. The number of anilines is 2. The van der Waals surface area contributed by atoms with Gasteiger partial charge in [0.1, 0.15) is 5.82 Å². The predicted molar refractivity (Wildman–Crippen MR) is 118 cm³/mol. The highest BCUT2D eigenvalue weighted by Crippen LogP contribution is 2.43. The zero-order valence-electron chi connectivity index (χ0n) is 18.0. The van der Waals surface area contributed by atoms with E-state index in [0.717, 1.165) is 47.4 Å². The van der Waals surface area contributed by atoms with E-state index in [4.69, 9.17) is 0 Å². The summed E-state index contributed by atoms with van der Waals surface area (Å²) in [6, 6.07) is 8.10. The normalized spacial score (nSPS) is 18.0. The molecule has 0 bridgehead atoms. The predicted octanol–water partition coefficient (Wildman–Crippen LogP) is 2.49. The minimum Gasteiger partial charge on any atom is -0.372 e. The maximum absolute atomic E-state index is 13.2. The van der Waals surface area contributed by atoms with E-state index in [9.17, 15) is 14.4 Å². The van der Waals surface area contributed by atoms with Crippen molar-refractivity contribution in [2.75, 3.05) is 23.3 Å². The molecule has 0 spiro atoms. The maximum atomic E-state index is 13.2. The molecular formula is C23H28N4O3. The van der Waals surface area contributed by atoms with Gasteiger partial charge < -0.3 is 10.2 Å². The van der Waals surface area contributed by atoms with Crippen LogP contribution >= 0.6 is 0 Å². The van der Waals surface area contributed by atoms with Crippen LogP contribution in [-0.4, -0.2) is 28.0 Å². The Labute approximate surface area is 175 Å². The molecule has 0 saturated carbocycles. The third kappa shape index (κ3) is 3.00. The highest BCUT2D eigenvalue weighted by Gasteiger charge is 2.38. The molecule has 1 aromatic carbocycles. The van der Waals surface area contributed by atoms with Gasteiger partial charge in [0.2, 0.25) is 0 Å². The van der Waals surface area contributed by atoms with Crippen LogP contribution in [-0.2, 0) is 18.9 Å². The number of carbonyl (C=O) groups excluding carboxylic acids is 1. The van der Waals surface area contributed by atoms with E-state index in [1.165, 1.54) is 11.6 Å². The highest BCUT2D eigenvalue weighted by molar-refractivity contribution is 6.00. The van der Waals surface area contributed by atoms with E-state index in [0.29, 0.717) is 23.4 Å².